The highest BCUT2D eigenvalue weighted by atomic mass is 35.5. The fraction of sp³-hybridized carbons (Fsp3) is 0.421. The number of nitrogens with zero attached hydrogens (tertiary/aromatic N) is 3. The summed E-state index contributed by atoms with van der Waals surface area (Å²) in [5, 5.41) is 4.37. The van der Waals surface area contributed by atoms with Crippen molar-refractivity contribution in [3.8, 4) is 0 Å². The molecule has 0 radical (unpaired) electrons. The van der Waals surface area contributed by atoms with E-state index in [9.17, 15) is 18.0 Å². The lowest BCUT2D eigenvalue weighted by atomic mass is 10.1. The summed E-state index contributed by atoms with van der Waals surface area (Å²) in [4.78, 5) is 28.5. The van der Waals surface area contributed by atoms with Crippen molar-refractivity contribution in [3.63, 3.8) is 0 Å². The third-order valence-electron chi connectivity index (χ3n) is 4.93. The zero-order chi connectivity index (χ0) is 22.9. The standard InChI is InChI=1S/C19H22Cl2N4O5S/c1-11-17(13(3)30-22-11)31(28,29)23-12(2)18(26)24-4-6-25(7-5-24)19(27)14-8-15(20)10-16(21)9-14/h8-10,12,23H,4-7H2,1-3H3/t12-/m0/s1. The number of halogens is 2. The van der Waals surface area contributed by atoms with Gasteiger partial charge in [0.05, 0.1) is 6.04 Å². The van der Waals surface area contributed by atoms with Crippen molar-refractivity contribution in [1.82, 2.24) is 19.7 Å². The van der Waals surface area contributed by atoms with E-state index >= 15 is 0 Å². The van der Waals surface area contributed by atoms with E-state index in [-0.39, 0.29) is 41.3 Å². The highest BCUT2D eigenvalue weighted by molar-refractivity contribution is 7.89. The molecule has 1 saturated heterocycles. The highest BCUT2D eigenvalue weighted by Crippen LogP contribution is 2.21. The number of sulfonamides is 1. The minimum absolute atomic E-state index is 0.0669. The zero-order valence-electron chi connectivity index (χ0n) is 17.2. The molecule has 1 fully saturated rings. The maximum absolute atomic E-state index is 12.8. The molecule has 1 aromatic heterocycles. The summed E-state index contributed by atoms with van der Waals surface area (Å²) in [5.41, 5.74) is 0.593. The number of rotatable bonds is 5. The molecule has 12 heteroatoms. The van der Waals surface area contributed by atoms with Crippen molar-refractivity contribution in [3.05, 3.63) is 45.3 Å². The Hall–Kier alpha value is -2.14. The number of aryl methyl sites for hydroxylation is 2. The average Bonchev–Trinajstić information content (AvgIpc) is 3.04. The van der Waals surface area contributed by atoms with Crippen LogP contribution in [0.1, 0.15) is 28.7 Å². The van der Waals surface area contributed by atoms with Crippen LogP contribution < -0.4 is 4.72 Å². The van der Waals surface area contributed by atoms with Crippen LogP contribution >= 0.6 is 23.2 Å². The first-order chi connectivity index (χ1) is 14.5. The quantitative estimate of drug-likeness (QED) is 0.690. The monoisotopic (exact) mass is 488 g/mol. The molecule has 0 aliphatic carbocycles. The van der Waals surface area contributed by atoms with Crippen LogP contribution in [0.25, 0.3) is 0 Å². The van der Waals surface area contributed by atoms with E-state index in [2.05, 4.69) is 9.88 Å². The Labute approximate surface area is 190 Å². The summed E-state index contributed by atoms with van der Waals surface area (Å²) in [6.07, 6.45) is 0. The van der Waals surface area contributed by atoms with Crippen LogP contribution in [0.3, 0.4) is 0 Å². The Kier molecular flexibility index (Phi) is 6.95. The molecule has 2 aromatic rings. The van der Waals surface area contributed by atoms with Crippen molar-refractivity contribution >= 4 is 45.0 Å². The molecule has 9 nitrogen and oxygen atoms in total. The van der Waals surface area contributed by atoms with Gasteiger partial charge < -0.3 is 14.3 Å². The second kappa shape index (κ2) is 9.15. The summed E-state index contributed by atoms with van der Waals surface area (Å²) in [5.74, 6) is -0.463. The van der Waals surface area contributed by atoms with Crippen molar-refractivity contribution in [1.29, 1.82) is 0 Å². The average molecular weight is 489 g/mol. The number of aromatic nitrogens is 1. The molecule has 2 amide bonds. The smallest absolute Gasteiger partial charge is 0.254 e. The molecule has 1 aromatic carbocycles. The van der Waals surface area contributed by atoms with E-state index in [4.69, 9.17) is 27.7 Å². The first kappa shape index (κ1) is 23.5. The predicted molar refractivity (Wildman–Crippen MR) is 115 cm³/mol. The van der Waals surface area contributed by atoms with E-state index in [0.717, 1.165) is 0 Å². The second-order valence-corrected chi connectivity index (χ2v) is 9.80. The summed E-state index contributed by atoms with van der Waals surface area (Å²) < 4.78 is 32.5. The summed E-state index contributed by atoms with van der Waals surface area (Å²) in [7, 11) is -3.97. The number of carbonyl (C=O) groups excluding carboxylic acids is 2. The maximum Gasteiger partial charge on any atom is 0.254 e. The van der Waals surface area contributed by atoms with Crippen LogP contribution in [0.2, 0.25) is 10.0 Å². The van der Waals surface area contributed by atoms with Gasteiger partial charge in [0.25, 0.3) is 5.91 Å². The Bertz CT molecular complexity index is 1070. The van der Waals surface area contributed by atoms with Gasteiger partial charge in [-0.15, -0.1) is 0 Å². The maximum atomic E-state index is 12.8. The molecule has 2 heterocycles. The number of amides is 2. The molecule has 1 aliphatic rings. The van der Waals surface area contributed by atoms with Gasteiger partial charge in [-0.1, -0.05) is 28.4 Å². The molecule has 0 saturated carbocycles. The molecular weight excluding hydrogens is 467 g/mol. The van der Waals surface area contributed by atoms with Crippen LogP contribution in [-0.4, -0.2) is 67.4 Å². The lowest BCUT2D eigenvalue weighted by Gasteiger charge is -2.36. The van der Waals surface area contributed by atoms with E-state index in [1.54, 1.807) is 23.1 Å². The van der Waals surface area contributed by atoms with E-state index < -0.39 is 16.1 Å². The third-order valence-corrected chi connectivity index (χ3v) is 7.15. The number of benzene rings is 1. The van der Waals surface area contributed by atoms with Gasteiger partial charge in [0.1, 0.15) is 10.6 Å². The minimum atomic E-state index is -3.97. The Morgan fingerprint density at radius 1 is 1.06 bits per heavy atom. The van der Waals surface area contributed by atoms with Crippen LogP contribution in [0.5, 0.6) is 0 Å². The van der Waals surface area contributed by atoms with Crippen LogP contribution in [0, 0.1) is 13.8 Å². The molecule has 1 aliphatic heterocycles. The summed E-state index contributed by atoms with van der Waals surface area (Å²) in [6, 6.07) is 3.63. The fourth-order valence-corrected chi connectivity index (χ4v) is 5.52. The SMILES string of the molecule is Cc1noc(C)c1S(=O)(=O)N[C@@H](C)C(=O)N1CCN(C(=O)c2cc(Cl)cc(Cl)c2)CC1. The van der Waals surface area contributed by atoms with E-state index in [1.807, 2.05) is 0 Å². The molecule has 0 bridgehead atoms. The van der Waals surface area contributed by atoms with Gasteiger partial charge in [-0.3, -0.25) is 9.59 Å². The van der Waals surface area contributed by atoms with Crippen molar-refractivity contribution in [2.24, 2.45) is 0 Å². The zero-order valence-corrected chi connectivity index (χ0v) is 19.5. The fourth-order valence-electron chi connectivity index (χ4n) is 3.46. The first-order valence-electron chi connectivity index (χ1n) is 9.49. The largest absolute Gasteiger partial charge is 0.360 e. The molecule has 0 unspecified atom stereocenters. The number of carbonyl (C=O) groups is 2. The van der Waals surface area contributed by atoms with Gasteiger partial charge in [-0.2, -0.15) is 4.72 Å². The van der Waals surface area contributed by atoms with Crippen LogP contribution in [-0.2, 0) is 14.8 Å². The first-order valence-corrected chi connectivity index (χ1v) is 11.7. The van der Waals surface area contributed by atoms with Gasteiger partial charge in [-0.25, -0.2) is 8.42 Å². The lowest BCUT2D eigenvalue weighted by molar-refractivity contribution is -0.134. The number of hydrogen-bond acceptors (Lipinski definition) is 6. The van der Waals surface area contributed by atoms with Gasteiger partial charge in [0.2, 0.25) is 15.9 Å². The normalized spacial score (nSPS) is 15.8. The molecule has 168 valence electrons. The predicted octanol–water partition coefficient (Wildman–Crippen LogP) is 2.25. The second-order valence-electron chi connectivity index (χ2n) is 7.27. The van der Waals surface area contributed by atoms with Gasteiger partial charge in [0, 0.05) is 41.8 Å². The third kappa shape index (κ3) is 5.20. The molecule has 31 heavy (non-hydrogen) atoms. The molecule has 3 rings (SSSR count). The molecule has 0 spiro atoms. The number of piperazine rings is 1. The lowest BCUT2D eigenvalue weighted by Crippen LogP contribution is -2.55. The van der Waals surface area contributed by atoms with Crippen molar-refractivity contribution in [2.75, 3.05) is 26.2 Å². The van der Waals surface area contributed by atoms with Gasteiger partial charge in [-0.05, 0) is 39.0 Å². The highest BCUT2D eigenvalue weighted by Gasteiger charge is 2.32. The van der Waals surface area contributed by atoms with Crippen molar-refractivity contribution in [2.45, 2.75) is 31.7 Å². The topological polar surface area (TPSA) is 113 Å². The van der Waals surface area contributed by atoms with Crippen molar-refractivity contribution < 1.29 is 22.5 Å². The van der Waals surface area contributed by atoms with E-state index in [1.165, 1.54) is 25.7 Å². The number of nitrogens with one attached hydrogen (secondary N) is 1. The van der Waals surface area contributed by atoms with Gasteiger partial charge >= 0.3 is 0 Å². The molecular formula is C19H22Cl2N4O5S. The molecule has 1 N–H and O–H groups in total. The molecule has 1 atom stereocenters. The minimum Gasteiger partial charge on any atom is -0.360 e. The van der Waals surface area contributed by atoms with Crippen LogP contribution in [0.15, 0.2) is 27.6 Å². The van der Waals surface area contributed by atoms with Gasteiger partial charge in [0.15, 0.2) is 5.76 Å². The summed E-state index contributed by atoms with van der Waals surface area (Å²) in [6.45, 7) is 5.64. The van der Waals surface area contributed by atoms with Crippen LogP contribution in [0.4, 0.5) is 0 Å². The summed E-state index contributed by atoms with van der Waals surface area (Å²) >= 11 is 11.9. The Balaban J connectivity index is 1.61. The number of hydrogen-bond donors (Lipinski definition) is 1. The Morgan fingerprint density at radius 3 is 2.13 bits per heavy atom. The Morgan fingerprint density at radius 2 is 1.61 bits per heavy atom. The van der Waals surface area contributed by atoms with E-state index in [0.29, 0.717) is 28.7 Å².